The van der Waals surface area contributed by atoms with Crippen molar-refractivity contribution in [3.05, 3.63) is 29.2 Å². The maximum absolute atomic E-state index is 5.84. The van der Waals surface area contributed by atoms with Gasteiger partial charge in [0.15, 0.2) is 5.76 Å². The molecule has 7 nitrogen and oxygen atoms in total. The van der Waals surface area contributed by atoms with Gasteiger partial charge in [-0.05, 0) is 20.8 Å². The summed E-state index contributed by atoms with van der Waals surface area (Å²) in [5.41, 5.74) is 0.920. The standard InChI is InChI=1S/C14H21N5O2/c1-10-6-13(21-17-10)7-18-4-5-20-14(8-18)9-19-12(3)15-11(2)16-19/h6,14H,4-5,7-9H2,1-3H3/t14-/m1/s1. The fourth-order valence-corrected chi connectivity index (χ4v) is 2.67. The first-order valence-electron chi connectivity index (χ1n) is 7.24. The summed E-state index contributed by atoms with van der Waals surface area (Å²) in [7, 11) is 0. The number of ether oxygens (including phenoxy) is 1. The molecule has 3 rings (SSSR count). The third kappa shape index (κ3) is 3.48. The zero-order valence-corrected chi connectivity index (χ0v) is 12.7. The van der Waals surface area contributed by atoms with Gasteiger partial charge in [-0.3, -0.25) is 4.90 Å². The molecule has 0 aliphatic carbocycles. The van der Waals surface area contributed by atoms with Crippen molar-refractivity contribution in [2.45, 2.75) is 40.0 Å². The van der Waals surface area contributed by atoms with E-state index in [-0.39, 0.29) is 6.10 Å². The lowest BCUT2D eigenvalue weighted by Crippen LogP contribution is -2.43. The van der Waals surface area contributed by atoms with Gasteiger partial charge in [0.05, 0.1) is 31.5 Å². The quantitative estimate of drug-likeness (QED) is 0.840. The summed E-state index contributed by atoms with van der Waals surface area (Å²) in [4.78, 5) is 6.65. The highest BCUT2D eigenvalue weighted by molar-refractivity contribution is 5.03. The molecule has 0 N–H and O–H groups in total. The van der Waals surface area contributed by atoms with Gasteiger partial charge < -0.3 is 9.26 Å². The number of hydrogen-bond acceptors (Lipinski definition) is 6. The Morgan fingerprint density at radius 3 is 2.86 bits per heavy atom. The largest absolute Gasteiger partial charge is 0.374 e. The molecule has 0 unspecified atom stereocenters. The number of nitrogens with zero attached hydrogens (tertiary/aromatic N) is 5. The minimum atomic E-state index is 0.127. The van der Waals surface area contributed by atoms with Gasteiger partial charge in [0.2, 0.25) is 0 Å². The molecule has 0 spiro atoms. The molecule has 1 saturated heterocycles. The number of morpholine rings is 1. The summed E-state index contributed by atoms with van der Waals surface area (Å²) in [6.07, 6.45) is 0.127. The Morgan fingerprint density at radius 1 is 1.33 bits per heavy atom. The smallest absolute Gasteiger partial charge is 0.150 e. The summed E-state index contributed by atoms with van der Waals surface area (Å²) in [6.45, 7) is 9.81. The Kier molecular flexibility index (Phi) is 4.03. The molecule has 0 radical (unpaired) electrons. The van der Waals surface area contributed by atoms with Crippen molar-refractivity contribution in [3.8, 4) is 0 Å². The number of aryl methyl sites for hydroxylation is 3. The van der Waals surface area contributed by atoms with E-state index in [9.17, 15) is 0 Å². The molecular formula is C14H21N5O2. The van der Waals surface area contributed by atoms with Gasteiger partial charge in [-0.2, -0.15) is 5.10 Å². The SMILES string of the molecule is Cc1cc(CN2CCO[C@@H](Cn3nc(C)nc3C)C2)on1. The van der Waals surface area contributed by atoms with Crippen molar-refractivity contribution in [3.63, 3.8) is 0 Å². The van der Waals surface area contributed by atoms with Crippen molar-refractivity contribution < 1.29 is 9.26 Å². The van der Waals surface area contributed by atoms with Gasteiger partial charge in [-0.15, -0.1) is 0 Å². The van der Waals surface area contributed by atoms with E-state index in [1.807, 2.05) is 31.5 Å². The molecule has 1 atom stereocenters. The zero-order chi connectivity index (χ0) is 14.8. The summed E-state index contributed by atoms with van der Waals surface area (Å²) >= 11 is 0. The molecule has 2 aromatic rings. The van der Waals surface area contributed by atoms with E-state index in [4.69, 9.17) is 9.26 Å². The van der Waals surface area contributed by atoms with Crippen LogP contribution in [-0.4, -0.2) is 50.6 Å². The lowest BCUT2D eigenvalue weighted by molar-refractivity contribution is -0.0425. The highest BCUT2D eigenvalue weighted by Crippen LogP contribution is 2.13. The molecule has 21 heavy (non-hydrogen) atoms. The Bertz CT molecular complexity index is 606. The number of aromatic nitrogens is 4. The second-order valence-corrected chi connectivity index (χ2v) is 5.55. The second kappa shape index (κ2) is 5.95. The Morgan fingerprint density at radius 2 is 2.19 bits per heavy atom. The summed E-state index contributed by atoms with van der Waals surface area (Å²) in [5.74, 6) is 2.64. The highest BCUT2D eigenvalue weighted by Gasteiger charge is 2.23. The van der Waals surface area contributed by atoms with Crippen LogP contribution in [0.5, 0.6) is 0 Å². The van der Waals surface area contributed by atoms with Gasteiger partial charge >= 0.3 is 0 Å². The maximum Gasteiger partial charge on any atom is 0.150 e. The average molecular weight is 291 g/mol. The van der Waals surface area contributed by atoms with Crippen LogP contribution in [0, 0.1) is 20.8 Å². The van der Waals surface area contributed by atoms with Gasteiger partial charge in [0.25, 0.3) is 0 Å². The molecule has 3 heterocycles. The minimum absolute atomic E-state index is 0.127. The van der Waals surface area contributed by atoms with Crippen LogP contribution in [-0.2, 0) is 17.8 Å². The van der Waals surface area contributed by atoms with Crippen LogP contribution in [0.4, 0.5) is 0 Å². The lowest BCUT2D eigenvalue weighted by Gasteiger charge is -2.32. The van der Waals surface area contributed by atoms with Crippen molar-refractivity contribution >= 4 is 0 Å². The van der Waals surface area contributed by atoms with E-state index in [0.717, 1.165) is 55.9 Å². The summed E-state index contributed by atoms with van der Waals surface area (Å²) in [5, 5.41) is 8.32. The highest BCUT2D eigenvalue weighted by atomic mass is 16.5. The average Bonchev–Trinajstić information content (AvgIpc) is 2.96. The van der Waals surface area contributed by atoms with Crippen molar-refractivity contribution in [1.29, 1.82) is 0 Å². The number of rotatable bonds is 4. The van der Waals surface area contributed by atoms with Crippen LogP contribution in [0.1, 0.15) is 23.1 Å². The molecule has 114 valence electrons. The van der Waals surface area contributed by atoms with Gasteiger partial charge in [0.1, 0.15) is 11.6 Å². The maximum atomic E-state index is 5.84. The monoisotopic (exact) mass is 291 g/mol. The van der Waals surface area contributed by atoms with Gasteiger partial charge in [-0.1, -0.05) is 5.16 Å². The van der Waals surface area contributed by atoms with Crippen molar-refractivity contribution in [2.24, 2.45) is 0 Å². The van der Waals surface area contributed by atoms with Crippen molar-refractivity contribution in [2.75, 3.05) is 19.7 Å². The van der Waals surface area contributed by atoms with E-state index in [0.29, 0.717) is 0 Å². The predicted molar refractivity (Wildman–Crippen MR) is 75.8 cm³/mol. The zero-order valence-electron chi connectivity index (χ0n) is 12.7. The third-order valence-electron chi connectivity index (χ3n) is 3.62. The predicted octanol–water partition coefficient (Wildman–Crippen LogP) is 1.09. The van der Waals surface area contributed by atoms with E-state index in [2.05, 4.69) is 20.1 Å². The van der Waals surface area contributed by atoms with Crippen LogP contribution < -0.4 is 0 Å². The molecule has 0 saturated carbocycles. The number of hydrogen-bond donors (Lipinski definition) is 0. The molecule has 2 aromatic heterocycles. The fourth-order valence-electron chi connectivity index (χ4n) is 2.67. The molecule has 0 bridgehead atoms. The molecule has 0 aromatic carbocycles. The molecule has 1 aliphatic heterocycles. The lowest BCUT2D eigenvalue weighted by atomic mass is 10.2. The normalized spacial score (nSPS) is 20.0. The van der Waals surface area contributed by atoms with Crippen molar-refractivity contribution in [1.82, 2.24) is 24.8 Å². The topological polar surface area (TPSA) is 69.2 Å². The first kappa shape index (κ1) is 14.2. The van der Waals surface area contributed by atoms with Crippen LogP contribution >= 0.6 is 0 Å². The van der Waals surface area contributed by atoms with Crippen LogP contribution in [0.25, 0.3) is 0 Å². The van der Waals surface area contributed by atoms with E-state index in [1.54, 1.807) is 0 Å². The molecule has 1 aliphatic rings. The summed E-state index contributed by atoms with van der Waals surface area (Å²) in [6, 6.07) is 1.98. The molecule has 1 fully saturated rings. The van der Waals surface area contributed by atoms with Gasteiger partial charge in [-0.25, -0.2) is 9.67 Å². The fraction of sp³-hybridized carbons (Fsp3) is 0.643. The first-order valence-corrected chi connectivity index (χ1v) is 7.24. The Balaban J connectivity index is 1.59. The molecular weight excluding hydrogens is 270 g/mol. The summed E-state index contributed by atoms with van der Waals surface area (Å²) < 4.78 is 13.0. The minimum Gasteiger partial charge on any atom is -0.374 e. The van der Waals surface area contributed by atoms with E-state index in [1.165, 1.54) is 0 Å². The van der Waals surface area contributed by atoms with E-state index < -0.39 is 0 Å². The van der Waals surface area contributed by atoms with Crippen LogP contribution in [0.3, 0.4) is 0 Å². The Labute approximate surface area is 123 Å². The first-order chi connectivity index (χ1) is 10.1. The van der Waals surface area contributed by atoms with Crippen LogP contribution in [0.15, 0.2) is 10.6 Å². The second-order valence-electron chi connectivity index (χ2n) is 5.55. The third-order valence-corrected chi connectivity index (χ3v) is 3.62. The van der Waals surface area contributed by atoms with Gasteiger partial charge in [0, 0.05) is 19.2 Å². The van der Waals surface area contributed by atoms with E-state index >= 15 is 0 Å². The molecule has 7 heteroatoms. The molecule has 0 amide bonds. The Hall–Kier alpha value is -1.73. The van der Waals surface area contributed by atoms with Crippen LogP contribution in [0.2, 0.25) is 0 Å².